The van der Waals surface area contributed by atoms with E-state index in [2.05, 4.69) is 17.2 Å². The number of carbonyl (C=O) groups is 1. The Hall–Kier alpha value is -2.08. The molecule has 0 radical (unpaired) electrons. The fourth-order valence-corrected chi connectivity index (χ4v) is 2.39. The van der Waals surface area contributed by atoms with Crippen LogP contribution in [0.4, 0.5) is 0 Å². The third kappa shape index (κ3) is 2.68. The fraction of sp³-hybridized carbons (Fsp3) is 0.231. The van der Waals surface area contributed by atoms with Gasteiger partial charge in [0, 0.05) is 5.70 Å². The number of carbonyl (C=O) groups excluding carboxylic acids is 1. The first-order chi connectivity index (χ1) is 9.02. The Morgan fingerprint density at radius 3 is 2.89 bits per heavy atom. The van der Waals surface area contributed by atoms with Gasteiger partial charge in [-0.1, -0.05) is 18.7 Å². The van der Waals surface area contributed by atoms with Crippen molar-refractivity contribution < 1.29 is 9.53 Å². The first-order valence-electron chi connectivity index (χ1n) is 5.72. The molecular weight excluding hydrogens is 262 g/mol. The van der Waals surface area contributed by atoms with Crippen LogP contribution >= 0.6 is 12.2 Å². The molecule has 1 heterocycles. The van der Waals surface area contributed by atoms with Crippen molar-refractivity contribution in [2.24, 2.45) is 11.7 Å². The second-order valence-electron chi connectivity index (χ2n) is 4.26. The lowest BCUT2D eigenvalue weighted by Crippen LogP contribution is -2.52. The van der Waals surface area contributed by atoms with E-state index in [4.69, 9.17) is 22.7 Å². The molecule has 4 N–H and O–H groups in total. The van der Waals surface area contributed by atoms with E-state index in [9.17, 15) is 4.79 Å². The minimum Gasteiger partial charge on any atom is -0.497 e. The van der Waals surface area contributed by atoms with Crippen molar-refractivity contribution in [1.82, 2.24) is 10.6 Å². The number of hydrogen-bond donors (Lipinski definition) is 3. The summed E-state index contributed by atoms with van der Waals surface area (Å²) in [5, 5.41) is 6.31. The Kier molecular flexibility index (Phi) is 3.71. The standard InChI is InChI=1S/C13H15N3O2S/c1-7-10(12(14)17)11(16-13(19)15-7)8-4-3-5-9(6-8)18-2/h3-6,10-11H,1H2,2H3,(H2,14,17)(H2,15,16,19). The Morgan fingerprint density at radius 1 is 1.53 bits per heavy atom. The number of methoxy groups -OCH3 is 1. The third-order valence-electron chi connectivity index (χ3n) is 3.03. The predicted molar refractivity (Wildman–Crippen MR) is 76.4 cm³/mol. The highest BCUT2D eigenvalue weighted by molar-refractivity contribution is 7.80. The summed E-state index contributed by atoms with van der Waals surface area (Å²) in [6.07, 6.45) is 0. The van der Waals surface area contributed by atoms with Crippen LogP contribution in [-0.4, -0.2) is 18.1 Å². The molecule has 19 heavy (non-hydrogen) atoms. The summed E-state index contributed by atoms with van der Waals surface area (Å²) in [5.41, 5.74) is 6.82. The summed E-state index contributed by atoms with van der Waals surface area (Å²) in [6, 6.07) is 7.07. The van der Waals surface area contributed by atoms with Crippen LogP contribution in [0.25, 0.3) is 0 Å². The average Bonchev–Trinajstić information content (AvgIpc) is 2.37. The summed E-state index contributed by atoms with van der Waals surface area (Å²) >= 11 is 5.09. The molecule has 1 aromatic rings. The Labute approximate surface area is 116 Å². The molecule has 1 aliphatic rings. The highest BCUT2D eigenvalue weighted by atomic mass is 32.1. The Bertz CT molecular complexity index is 544. The first kappa shape index (κ1) is 13.4. The van der Waals surface area contributed by atoms with Gasteiger partial charge in [-0.15, -0.1) is 0 Å². The molecule has 1 aliphatic heterocycles. The average molecular weight is 277 g/mol. The maximum absolute atomic E-state index is 11.6. The van der Waals surface area contributed by atoms with Gasteiger partial charge < -0.3 is 21.1 Å². The number of nitrogens with one attached hydrogen (secondary N) is 2. The first-order valence-corrected chi connectivity index (χ1v) is 6.13. The van der Waals surface area contributed by atoms with Crippen molar-refractivity contribution in [3.8, 4) is 5.75 Å². The van der Waals surface area contributed by atoms with Crippen molar-refractivity contribution in [2.75, 3.05) is 7.11 Å². The molecule has 2 rings (SSSR count). The van der Waals surface area contributed by atoms with Gasteiger partial charge in [-0.2, -0.15) is 0 Å². The van der Waals surface area contributed by atoms with Gasteiger partial charge in [0.1, 0.15) is 11.7 Å². The Balaban J connectivity index is 2.40. The van der Waals surface area contributed by atoms with Crippen LogP contribution < -0.4 is 21.1 Å². The molecule has 2 atom stereocenters. The molecule has 1 fully saturated rings. The number of rotatable bonds is 3. The number of benzene rings is 1. The zero-order chi connectivity index (χ0) is 14.0. The summed E-state index contributed by atoms with van der Waals surface area (Å²) in [7, 11) is 1.59. The van der Waals surface area contributed by atoms with E-state index in [0.717, 1.165) is 5.56 Å². The van der Waals surface area contributed by atoms with E-state index in [-0.39, 0.29) is 6.04 Å². The van der Waals surface area contributed by atoms with E-state index in [1.807, 2.05) is 24.3 Å². The molecule has 6 heteroatoms. The van der Waals surface area contributed by atoms with Crippen LogP contribution in [0.1, 0.15) is 11.6 Å². The van der Waals surface area contributed by atoms with Crippen molar-refractivity contribution in [3.05, 3.63) is 42.1 Å². The van der Waals surface area contributed by atoms with Crippen molar-refractivity contribution in [3.63, 3.8) is 0 Å². The third-order valence-corrected chi connectivity index (χ3v) is 3.25. The van der Waals surface area contributed by atoms with Crippen molar-refractivity contribution in [1.29, 1.82) is 0 Å². The number of primary amides is 1. The molecule has 2 unspecified atom stereocenters. The maximum atomic E-state index is 11.6. The molecule has 1 saturated heterocycles. The summed E-state index contributed by atoms with van der Waals surface area (Å²) < 4.78 is 5.18. The van der Waals surface area contributed by atoms with Crippen LogP contribution in [0.15, 0.2) is 36.5 Å². The van der Waals surface area contributed by atoms with Gasteiger partial charge in [0.2, 0.25) is 5.91 Å². The molecule has 100 valence electrons. The minimum atomic E-state index is -0.571. The van der Waals surface area contributed by atoms with Crippen LogP contribution in [0.2, 0.25) is 0 Å². The number of ether oxygens (including phenoxy) is 1. The van der Waals surface area contributed by atoms with Crippen LogP contribution in [0, 0.1) is 5.92 Å². The van der Waals surface area contributed by atoms with Gasteiger partial charge in [-0.05, 0) is 29.9 Å². The second kappa shape index (κ2) is 5.27. The van der Waals surface area contributed by atoms with Crippen LogP contribution in [-0.2, 0) is 4.79 Å². The summed E-state index contributed by atoms with van der Waals surface area (Å²) in [5.74, 6) is -0.322. The van der Waals surface area contributed by atoms with E-state index >= 15 is 0 Å². The smallest absolute Gasteiger partial charge is 0.228 e. The minimum absolute atomic E-state index is 0.339. The van der Waals surface area contributed by atoms with Gasteiger partial charge in [-0.3, -0.25) is 4.79 Å². The monoisotopic (exact) mass is 277 g/mol. The number of amides is 1. The predicted octanol–water partition coefficient (Wildman–Crippen LogP) is 0.829. The van der Waals surface area contributed by atoms with E-state index < -0.39 is 11.8 Å². The van der Waals surface area contributed by atoms with Crippen LogP contribution in [0.3, 0.4) is 0 Å². The van der Waals surface area contributed by atoms with Crippen molar-refractivity contribution >= 4 is 23.2 Å². The van der Waals surface area contributed by atoms with E-state index in [1.165, 1.54) is 0 Å². The second-order valence-corrected chi connectivity index (χ2v) is 4.67. The normalized spacial score (nSPS) is 22.4. The van der Waals surface area contributed by atoms with Gasteiger partial charge in [0.15, 0.2) is 5.11 Å². The zero-order valence-corrected chi connectivity index (χ0v) is 11.3. The molecule has 1 amide bonds. The zero-order valence-electron chi connectivity index (χ0n) is 10.5. The molecular formula is C13H15N3O2S. The number of nitrogens with two attached hydrogens (primary N) is 1. The molecule has 0 spiro atoms. The lowest BCUT2D eigenvalue weighted by atomic mass is 9.88. The molecule has 0 aromatic heterocycles. The molecule has 0 aliphatic carbocycles. The highest BCUT2D eigenvalue weighted by Crippen LogP contribution is 2.30. The molecule has 5 nitrogen and oxygen atoms in total. The maximum Gasteiger partial charge on any atom is 0.228 e. The summed E-state index contributed by atoms with van der Waals surface area (Å²) in [6.45, 7) is 3.81. The van der Waals surface area contributed by atoms with Gasteiger partial charge in [0.05, 0.1) is 13.2 Å². The number of thiocarbonyl (C=S) groups is 1. The SMILES string of the molecule is C=C1NC(=S)NC(c2cccc(OC)c2)C1C(N)=O. The fourth-order valence-electron chi connectivity index (χ4n) is 2.13. The topological polar surface area (TPSA) is 76.4 Å². The highest BCUT2D eigenvalue weighted by Gasteiger charge is 2.35. The lowest BCUT2D eigenvalue weighted by Gasteiger charge is -2.34. The van der Waals surface area contributed by atoms with Gasteiger partial charge in [0.25, 0.3) is 0 Å². The van der Waals surface area contributed by atoms with E-state index in [0.29, 0.717) is 16.6 Å². The Morgan fingerprint density at radius 2 is 2.26 bits per heavy atom. The molecule has 1 aromatic carbocycles. The van der Waals surface area contributed by atoms with Crippen molar-refractivity contribution in [2.45, 2.75) is 6.04 Å². The largest absolute Gasteiger partial charge is 0.497 e. The van der Waals surface area contributed by atoms with E-state index in [1.54, 1.807) is 7.11 Å². The number of hydrogen-bond acceptors (Lipinski definition) is 3. The van der Waals surface area contributed by atoms with Gasteiger partial charge in [-0.25, -0.2) is 0 Å². The van der Waals surface area contributed by atoms with Gasteiger partial charge >= 0.3 is 0 Å². The molecule has 0 saturated carbocycles. The lowest BCUT2D eigenvalue weighted by molar-refractivity contribution is -0.121. The molecule has 0 bridgehead atoms. The quantitative estimate of drug-likeness (QED) is 0.713. The van der Waals surface area contributed by atoms with Crippen LogP contribution in [0.5, 0.6) is 5.75 Å². The summed E-state index contributed by atoms with van der Waals surface area (Å²) in [4.78, 5) is 11.6.